The van der Waals surface area contributed by atoms with Crippen LogP contribution in [0, 0.1) is 0 Å². The summed E-state index contributed by atoms with van der Waals surface area (Å²) in [5.74, 6) is 0.717. The van der Waals surface area contributed by atoms with Crippen molar-refractivity contribution in [3.63, 3.8) is 0 Å². The number of benzene rings is 1. The molecule has 3 rings (SSSR count). The Morgan fingerprint density at radius 3 is 2.83 bits per heavy atom. The second kappa shape index (κ2) is 3.48. The summed E-state index contributed by atoms with van der Waals surface area (Å²) in [6.07, 6.45) is 0. The van der Waals surface area contributed by atoms with Crippen molar-refractivity contribution in [2.24, 2.45) is 0 Å². The molecule has 1 aromatic carbocycles. The van der Waals surface area contributed by atoms with E-state index in [4.69, 9.17) is 4.74 Å². The number of fused-ring (bicyclic) bond motifs is 3. The molecule has 0 N–H and O–H groups in total. The van der Waals surface area contributed by atoms with Gasteiger partial charge >= 0.3 is 5.76 Å². The van der Waals surface area contributed by atoms with Gasteiger partial charge in [0.05, 0.1) is 5.69 Å². The molecule has 0 bridgehead atoms. The zero-order valence-electron chi connectivity index (χ0n) is 10.6. The van der Waals surface area contributed by atoms with Gasteiger partial charge in [-0.25, -0.2) is 9.36 Å². The Balaban J connectivity index is 2.20. The lowest BCUT2D eigenvalue weighted by Gasteiger charge is -2.23. The van der Waals surface area contributed by atoms with E-state index < -0.39 is 5.76 Å². The summed E-state index contributed by atoms with van der Waals surface area (Å²) in [5, 5.41) is 3.68. The summed E-state index contributed by atoms with van der Waals surface area (Å²) in [4.78, 5) is 11.6. The van der Waals surface area contributed by atoms with Gasteiger partial charge in [-0.1, -0.05) is 32.0 Å². The van der Waals surface area contributed by atoms with E-state index >= 15 is 0 Å². The smallest absolute Gasteiger partial charge is 0.446 e. The van der Waals surface area contributed by atoms with Crippen molar-refractivity contribution in [2.45, 2.75) is 32.8 Å². The van der Waals surface area contributed by atoms with Crippen LogP contribution in [0.5, 0.6) is 5.75 Å². The number of hydrogen-bond donors (Lipinski definition) is 0. The SMILES string of the molecule is CC(C)(C)c1ccc2c(c1)OCc1noc(=O)n1-2. The molecule has 1 aliphatic rings. The van der Waals surface area contributed by atoms with Gasteiger partial charge in [-0.3, -0.25) is 4.52 Å². The molecule has 0 atom stereocenters. The number of ether oxygens (including phenoxy) is 1. The molecular weight excluding hydrogens is 232 g/mol. The molecule has 0 saturated carbocycles. The van der Waals surface area contributed by atoms with Gasteiger partial charge in [-0.15, -0.1) is 0 Å². The van der Waals surface area contributed by atoms with Crippen molar-refractivity contribution in [1.29, 1.82) is 0 Å². The Morgan fingerprint density at radius 2 is 2.11 bits per heavy atom. The second-order valence-electron chi connectivity index (χ2n) is 5.42. The number of nitrogens with zero attached hydrogens (tertiary/aromatic N) is 2. The third kappa shape index (κ3) is 1.54. The topological polar surface area (TPSA) is 57.3 Å². The standard InChI is InChI=1S/C13H14N2O3/c1-13(2,3)8-4-5-9-10(6-8)17-7-11-14-18-12(16)15(9)11/h4-6H,7H2,1-3H3. The fourth-order valence-electron chi connectivity index (χ4n) is 2.03. The summed E-state index contributed by atoms with van der Waals surface area (Å²) in [5.41, 5.74) is 1.89. The highest BCUT2D eigenvalue weighted by Crippen LogP contribution is 2.33. The minimum Gasteiger partial charge on any atom is -0.483 e. The van der Waals surface area contributed by atoms with Crippen molar-refractivity contribution >= 4 is 0 Å². The number of rotatable bonds is 0. The summed E-state index contributed by atoms with van der Waals surface area (Å²) < 4.78 is 11.7. The normalized spacial score (nSPS) is 13.7. The molecule has 1 aromatic heterocycles. The molecule has 0 unspecified atom stereocenters. The third-order valence-electron chi connectivity index (χ3n) is 3.09. The monoisotopic (exact) mass is 246 g/mol. The van der Waals surface area contributed by atoms with E-state index in [2.05, 4.69) is 30.5 Å². The van der Waals surface area contributed by atoms with Gasteiger partial charge < -0.3 is 4.74 Å². The van der Waals surface area contributed by atoms with E-state index in [1.54, 1.807) is 0 Å². The van der Waals surface area contributed by atoms with Gasteiger partial charge in [-0.05, 0) is 23.1 Å². The van der Waals surface area contributed by atoms with Crippen molar-refractivity contribution < 1.29 is 9.26 Å². The van der Waals surface area contributed by atoms with Crippen molar-refractivity contribution in [3.05, 3.63) is 40.1 Å². The fraction of sp³-hybridized carbons (Fsp3) is 0.385. The lowest BCUT2D eigenvalue weighted by molar-refractivity contribution is 0.273. The highest BCUT2D eigenvalue weighted by molar-refractivity contribution is 5.51. The van der Waals surface area contributed by atoms with Crippen LogP contribution < -0.4 is 10.5 Å². The third-order valence-corrected chi connectivity index (χ3v) is 3.09. The molecule has 0 saturated heterocycles. The van der Waals surface area contributed by atoms with Gasteiger partial charge in [-0.2, -0.15) is 0 Å². The zero-order valence-corrected chi connectivity index (χ0v) is 10.6. The van der Waals surface area contributed by atoms with Crippen LogP contribution >= 0.6 is 0 Å². The van der Waals surface area contributed by atoms with E-state index in [0.29, 0.717) is 17.3 Å². The first-order valence-corrected chi connectivity index (χ1v) is 5.82. The van der Waals surface area contributed by atoms with Gasteiger partial charge in [0.25, 0.3) is 0 Å². The van der Waals surface area contributed by atoms with Crippen LogP contribution in [0.1, 0.15) is 32.2 Å². The van der Waals surface area contributed by atoms with Gasteiger partial charge in [0, 0.05) is 0 Å². The first-order valence-electron chi connectivity index (χ1n) is 5.82. The first kappa shape index (κ1) is 11.1. The van der Waals surface area contributed by atoms with Crippen LogP contribution in [0.15, 0.2) is 27.5 Å². The van der Waals surface area contributed by atoms with Crippen molar-refractivity contribution in [2.75, 3.05) is 0 Å². The first-order chi connectivity index (χ1) is 8.47. The van der Waals surface area contributed by atoms with E-state index in [0.717, 1.165) is 5.56 Å². The maximum absolute atomic E-state index is 11.6. The summed E-state index contributed by atoms with van der Waals surface area (Å²) >= 11 is 0. The van der Waals surface area contributed by atoms with Crippen molar-refractivity contribution in [1.82, 2.24) is 9.72 Å². The molecule has 1 aliphatic heterocycles. The molecule has 0 aliphatic carbocycles. The van der Waals surface area contributed by atoms with Crippen LogP contribution in [0.3, 0.4) is 0 Å². The predicted molar refractivity (Wildman–Crippen MR) is 65.1 cm³/mol. The van der Waals surface area contributed by atoms with Crippen LogP contribution in [0.25, 0.3) is 5.69 Å². The van der Waals surface area contributed by atoms with Crippen molar-refractivity contribution in [3.8, 4) is 11.4 Å². The highest BCUT2D eigenvalue weighted by Gasteiger charge is 2.24. The Hall–Kier alpha value is -2.04. The van der Waals surface area contributed by atoms with E-state index in [1.165, 1.54) is 4.57 Å². The van der Waals surface area contributed by atoms with Crippen LogP contribution in [0.2, 0.25) is 0 Å². The second-order valence-corrected chi connectivity index (χ2v) is 5.42. The average Bonchev–Trinajstić information content (AvgIpc) is 2.69. The molecule has 2 heterocycles. The summed E-state index contributed by atoms with van der Waals surface area (Å²) in [7, 11) is 0. The maximum atomic E-state index is 11.6. The van der Waals surface area contributed by atoms with E-state index in [9.17, 15) is 4.79 Å². The quantitative estimate of drug-likeness (QED) is 0.713. The Kier molecular flexibility index (Phi) is 2.14. The molecule has 0 radical (unpaired) electrons. The molecule has 5 heteroatoms. The Labute approximate surface area is 104 Å². The van der Waals surface area contributed by atoms with E-state index in [1.807, 2.05) is 18.2 Å². The Morgan fingerprint density at radius 1 is 1.33 bits per heavy atom. The van der Waals surface area contributed by atoms with Crippen LogP contribution in [-0.2, 0) is 12.0 Å². The number of aromatic nitrogens is 2. The molecule has 0 spiro atoms. The minimum absolute atomic E-state index is 0.0400. The lowest BCUT2D eigenvalue weighted by Crippen LogP contribution is -2.22. The van der Waals surface area contributed by atoms with E-state index in [-0.39, 0.29) is 12.0 Å². The van der Waals surface area contributed by atoms with Crippen LogP contribution in [-0.4, -0.2) is 9.72 Å². The average molecular weight is 246 g/mol. The highest BCUT2D eigenvalue weighted by atomic mass is 16.5. The fourth-order valence-corrected chi connectivity index (χ4v) is 2.03. The molecule has 0 amide bonds. The van der Waals surface area contributed by atoms with Gasteiger partial charge in [0.15, 0.2) is 12.4 Å². The molecule has 2 aromatic rings. The molecule has 94 valence electrons. The summed E-state index contributed by atoms with van der Waals surface area (Å²) in [6.45, 7) is 6.66. The molecule has 5 nitrogen and oxygen atoms in total. The maximum Gasteiger partial charge on any atom is 0.446 e. The lowest BCUT2D eigenvalue weighted by atomic mass is 9.87. The zero-order chi connectivity index (χ0) is 12.9. The van der Waals surface area contributed by atoms with Gasteiger partial charge in [0.1, 0.15) is 5.75 Å². The largest absolute Gasteiger partial charge is 0.483 e. The van der Waals surface area contributed by atoms with Gasteiger partial charge in [0.2, 0.25) is 0 Å². The summed E-state index contributed by atoms with van der Waals surface area (Å²) in [6, 6.07) is 5.84. The Bertz CT molecular complexity index is 662. The molecule has 18 heavy (non-hydrogen) atoms. The minimum atomic E-state index is -0.474. The molecule has 0 fully saturated rings. The van der Waals surface area contributed by atoms with Crippen LogP contribution in [0.4, 0.5) is 0 Å². The predicted octanol–water partition coefficient (Wildman–Crippen LogP) is 2.02. The number of hydrogen-bond acceptors (Lipinski definition) is 4. The molecular formula is C13H14N2O3.